The number of halogens is 1. The molecule has 0 fully saturated rings. The molecule has 0 aliphatic rings. The maximum atomic E-state index is 6.29. The molecule has 0 heterocycles. The standard InChI is InChI=1S/C14H22ClNO2/c1-14(2,3)13(18-5)12(16)9-6-7-10(15)11(8-9)17-4/h6-8,12-13H,16H2,1-5H3. The van der Waals surface area contributed by atoms with Crippen molar-refractivity contribution in [3.8, 4) is 5.75 Å². The SMILES string of the molecule is COc1cc(C(N)C(OC)C(C)(C)C)ccc1Cl. The Morgan fingerprint density at radius 2 is 1.83 bits per heavy atom. The lowest BCUT2D eigenvalue weighted by molar-refractivity contribution is -0.00246. The first-order valence-corrected chi connectivity index (χ1v) is 6.31. The van der Waals surface area contributed by atoms with E-state index in [4.69, 9.17) is 26.8 Å². The van der Waals surface area contributed by atoms with Crippen LogP contribution in [-0.2, 0) is 4.74 Å². The van der Waals surface area contributed by atoms with Crippen molar-refractivity contribution in [1.29, 1.82) is 0 Å². The second kappa shape index (κ2) is 5.91. The number of benzene rings is 1. The van der Waals surface area contributed by atoms with Gasteiger partial charge in [0.15, 0.2) is 0 Å². The van der Waals surface area contributed by atoms with Crippen LogP contribution in [0.2, 0.25) is 5.02 Å². The van der Waals surface area contributed by atoms with Crippen LogP contribution in [0.5, 0.6) is 5.75 Å². The van der Waals surface area contributed by atoms with E-state index in [1.54, 1.807) is 20.3 Å². The minimum Gasteiger partial charge on any atom is -0.495 e. The topological polar surface area (TPSA) is 44.5 Å². The van der Waals surface area contributed by atoms with E-state index >= 15 is 0 Å². The van der Waals surface area contributed by atoms with Crippen molar-refractivity contribution in [2.75, 3.05) is 14.2 Å². The second-order valence-corrected chi connectivity index (χ2v) is 5.85. The summed E-state index contributed by atoms with van der Waals surface area (Å²) in [6.07, 6.45) is -0.0802. The molecule has 2 atom stereocenters. The summed E-state index contributed by atoms with van der Waals surface area (Å²) in [5.41, 5.74) is 7.20. The van der Waals surface area contributed by atoms with Crippen molar-refractivity contribution in [1.82, 2.24) is 0 Å². The summed E-state index contributed by atoms with van der Waals surface area (Å²) in [6, 6.07) is 5.35. The maximum Gasteiger partial charge on any atom is 0.137 e. The minimum atomic E-state index is -0.221. The van der Waals surface area contributed by atoms with E-state index in [2.05, 4.69) is 20.8 Å². The average molecular weight is 272 g/mol. The van der Waals surface area contributed by atoms with E-state index < -0.39 is 0 Å². The quantitative estimate of drug-likeness (QED) is 0.913. The smallest absolute Gasteiger partial charge is 0.137 e. The zero-order chi connectivity index (χ0) is 13.9. The Hall–Kier alpha value is -0.770. The van der Waals surface area contributed by atoms with Crippen LogP contribution >= 0.6 is 11.6 Å². The van der Waals surface area contributed by atoms with Crippen LogP contribution in [0.4, 0.5) is 0 Å². The third-order valence-electron chi connectivity index (χ3n) is 2.99. The summed E-state index contributed by atoms with van der Waals surface area (Å²) < 4.78 is 10.7. The van der Waals surface area contributed by atoms with Crippen LogP contribution in [-0.4, -0.2) is 20.3 Å². The third-order valence-corrected chi connectivity index (χ3v) is 3.31. The van der Waals surface area contributed by atoms with Gasteiger partial charge in [0, 0.05) is 7.11 Å². The number of rotatable bonds is 4. The van der Waals surface area contributed by atoms with Crippen molar-refractivity contribution < 1.29 is 9.47 Å². The zero-order valence-corrected chi connectivity index (χ0v) is 12.4. The molecule has 1 aromatic carbocycles. The fourth-order valence-electron chi connectivity index (χ4n) is 2.10. The molecule has 0 aliphatic carbocycles. The first-order valence-electron chi connectivity index (χ1n) is 5.93. The van der Waals surface area contributed by atoms with Crippen molar-refractivity contribution in [2.45, 2.75) is 32.9 Å². The Labute approximate surface area is 114 Å². The monoisotopic (exact) mass is 271 g/mol. The fraction of sp³-hybridized carbons (Fsp3) is 0.571. The Kier molecular flexibility index (Phi) is 5.02. The molecule has 0 spiro atoms. The highest BCUT2D eigenvalue weighted by Crippen LogP contribution is 2.34. The Bertz CT molecular complexity index is 401. The van der Waals surface area contributed by atoms with Gasteiger partial charge in [-0.2, -0.15) is 0 Å². The predicted molar refractivity (Wildman–Crippen MR) is 75.2 cm³/mol. The van der Waals surface area contributed by atoms with Gasteiger partial charge in [0.05, 0.1) is 24.3 Å². The highest BCUT2D eigenvalue weighted by atomic mass is 35.5. The Morgan fingerprint density at radius 1 is 1.22 bits per heavy atom. The van der Waals surface area contributed by atoms with Gasteiger partial charge in [-0.15, -0.1) is 0 Å². The zero-order valence-electron chi connectivity index (χ0n) is 11.7. The van der Waals surface area contributed by atoms with E-state index in [0.717, 1.165) is 5.56 Å². The summed E-state index contributed by atoms with van der Waals surface area (Å²) in [4.78, 5) is 0. The van der Waals surface area contributed by atoms with Crippen LogP contribution in [0.1, 0.15) is 32.4 Å². The number of hydrogen-bond donors (Lipinski definition) is 1. The fourth-order valence-corrected chi connectivity index (χ4v) is 2.29. The molecule has 0 aromatic heterocycles. The van der Waals surface area contributed by atoms with E-state index in [1.807, 2.05) is 12.1 Å². The summed E-state index contributed by atoms with van der Waals surface area (Å²) in [6.45, 7) is 6.32. The number of methoxy groups -OCH3 is 2. The second-order valence-electron chi connectivity index (χ2n) is 5.44. The van der Waals surface area contributed by atoms with E-state index in [1.165, 1.54) is 0 Å². The van der Waals surface area contributed by atoms with Gasteiger partial charge >= 0.3 is 0 Å². The molecule has 0 amide bonds. The first kappa shape index (κ1) is 15.3. The normalized spacial score (nSPS) is 15.3. The van der Waals surface area contributed by atoms with E-state index in [9.17, 15) is 0 Å². The molecule has 0 bridgehead atoms. The van der Waals surface area contributed by atoms with Crippen molar-refractivity contribution in [3.63, 3.8) is 0 Å². The first-order chi connectivity index (χ1) is 8.31. The highest BCUT2D eigenvalue weighted by molar-refractivity contribution is 6.32. The average Bonchev–Trinajstić information content (AvgIpc) is 2.28. The predicted octanol–water partition coefficient (Wildman–Crippen LogP) is 3.41. The lowest BCUT2D eigenvalue weighted by Gasteiger charge is -2.34. The van der Waals surface area contributed by atoms with Gasteiger partial charge in [-0.05, 0) is 23.1 Å². The molecule has 2 unspecified atom stereocenters. The van der Waals surface area contributed by atoms with Gasteiger partial charge in [-0.1, -0.05) is 38.4 Å². The third kappa shape index (κ3) is 3.37. The summed E-state index contributed by atoms with van der Waals surface area (Å²) in [5, 5.41) is 0.582. The maximum absolute atomic E-state index is 6.29. The van der Waals surface area contributed by atoms with Gasteiger partial charge in [0.1, 0.15) is 5.75 Å². The molecule has 0 saturated heterocycles. The minimum absolute atomic E-state index is 0.0406. The largest absolute Gasteiger partial charge is 0.495 e. The molecule has 0 aliphatic heterocycles. The van der Waals surface area contributed by atoms with Crippen LogP contribution in [0.25, 0.3) is 0 Å². The van der Waals surface area contributed by atoms with Crippen molar-refractivity contribution >= 4 is 11.6 Å². The van der Waals surface area contributed by atoms with Crippen LogP contribution in [0.15, 0.2) is 18.2 Å². The van der Waals surface area contributed by atoms with Crippen LogP contribution in [0, 0.1) is 5.41 Å². The molecule has 4 heteroatoms. The van der Waals surface area contributed by atoms with Crippen molar-refractivity contribution in [2.24, 2.45) is 11.1 Å². The van der Waals surface area contributed by atoms with E-state index in [-0.39, 0.29) is 17.6 Å². The van der Waals surface area contributed by atoms with E-state index in [0.29, 0.717) is 10.8 Å². The number of hydrogen-bond acceptors (Lipinski definition) is 3. The molecule has 2 N–H and O–H groups in total. The lowest BCUT2D eigenvalue weighted by atomic mass is 9.82. The summed E-state index contributed by atoms with van der Waals surface area (Å²) in [7, 11) is 3.27. The Balaban J connectivity index is 3.06. The molecule has 1 aromatic rings. The Morgan fingerprint density at radius 3 is 2.28 bits per heavy atom. The van der Waals surface area contributed by atoms with Gasteiger partial charge in [0.2, 0.25) is 0 Å². The van der Waals surface area contributed by atoms with Gasteiger partial charge in [-0.3, -0.25) is 0 Å². The molecular weight excluding hydrogens is 250 g/mol. The summed E-state index contributed by atoms with van der Waals surface area (Å²) in [5.74, 6) is 0.633. The highest BCUT2D eigenvalue weighted by Gasteiger charge is 2.31. The van der Waals surface area contributed by atoms with Crippen LogP contribution < -0.4 is 10.5 Å². The number of ether oxygens (including phenoxy) is 2. The van der Waals surface area contributed by atoms with Crippen molar-refractivity contribution in [3.05, 3.63) is 28.8 Å². The summed E-state index contributed by atoms with van der Waals surface area (Å²) >= 11 is 6.01. The molecule has 0 saturated carbocycles. The molecule has 18 heavy (non-hydrogen) atoms. The lowest BCUT2D eigenvalue weighted by Crippen LogP contribution is -2.38. The molecular formula is C14H22ClNO2. The molecule has 0 radical (unpaired) electrons. The van der Waals surface area contributed by atoms with Gasteiger partial charge in [-0.25, -0.2) is 0 Å². The van der Waals surface area contributed by atoms with Gasteiger partial charge < -0.3 is 15.2 Å². The van der Waals surface area contributed by atoms with Crippen LogP contribution in [0.3, 0.4) is 0 Å². The van der Waals surface area contributed by atoms with Gasteiger partial charge in [0.25, 0.3) is 0 Å². The molecule has 3 nitrogen and oxygen atoms in total. The molecule has 1 rings (SSSR count). The number of nitrogens with two attached hydrogens (primary N) is 1. The molecule has 102 valence electrons.